The summed E-state index contributed by atoms with van der Waals surface area (Å²) in [6, 6.07) is 8.21. The molecule has 1 amide bonds. The Balaban J connectivity index is 1.86. The molecule has 96 valence electrons. The first-order valence-corrected chi connectivity index (χ1v) is 6.50. The molecule has 0 atom stereocenters. The number of Topliss-reactive ketones (excluding diaryl/α,β-unsaturated/α-hetero) is 1. The van der Waals surface area contributed by atoms with E-state index in [2.05, 4.69) is 19.1 Å². The van der Waals surface area contributed by atoms with Crippen LogP contribution in [0.3, 0.4) is 0 Å². The molecule has 0 aliphatic carbocycles. The Morgan fingerprint density at radius 2 is 2.22 bits per heavy atom. The number of carbonyl (C=O) groups excluding carboxylic acids is 2. The van der Waals surface area contributed by atoms with E-state index in [9.17, 15) is 9.59 Å². The zero-order chi connectivity index (χ0) is 13.0. The molecule has 1 aliphatic heterocycles. The van der Waals surface area contributed by atoms with Gasteiger partial charge in [0.15, 0.2) is 5.78 Å². The maximum atomic E-state index is 12.0. The number of piperidine rings is 1. The third-order valence-electron chi connectivity index (χ3n) is 3.31. The van der Waals surface area contributed by atoms with Crippen LogP contribution >= 0.6 is 0 Å². The molecule has 0 bridgehead atoms. The van der Waals surface area contributed by atoms with Crippen molar-refractivity contribution in [2.24, 2.45) is 0 Å². The van der Waals surface area contributed by atoms with E-state index in [1.165, 1.54) is 11.1 Å². The minimum absolute atomic E-state index is 0.101. The number of amides is 1. The van der Waals surface area contributed by atoms with Crippen LogP contribution < -0.4 is 0 Å². The molecule has 1 saturated heterocycles. The molecule has 3 nitrogen and oxygen atoms in total. The van der Waals surface area contributed by atoms with Crippen molar-refractivity contribution in [3.05, 3.63) is 35.4 Å². The van der Waals surface area contributed by atoms with Crippen molar-refractivity contribution >= 4 is 11.7 Å². The lowest BCUT2D eigenvalue weighted by molar-refractivity contribution is -0.137. The molecular formula is C15H19NO2. The van der Waals surface area contributed by atoms with Crippen LogP contribution in [-0.2, 0) is 16.0 Å². The van der Waals surface area contributed by atoms with E-state index < -0.39 is 0 Å². The van der Waals surface area contributed by atoms with Gasteiger partial charge < -0.3 is 4.90 Å². The molecule has 0 radical (unpaired) electrons. The molecule has 0 N–H and O–H groups in total. The quantitative estimate of drug-likeness (QED) is 0.818. The first-order valence-electron chi connectivity index (χ1n) is 6.50. The Hall–Kier alpha value is -1.64. The molecule has 1 fully saturated rings. The Labute approximate surface area is 108 Å². The maximum absolute atomic E-state index is 12.0. The van der Waals surface area contributed by atoms with Crippen LogP contribution in [0.1, 0.15) is 30.4 Å². The van der Waals surface area contributed by atoms with Gasteiger partial charge in [0.1, 0.15) is 0 Å². The second-order valence-corrected chi connectivity index (χ2v) is 4.95. The molecule has 3 heteroatoms. The average molecular weight is 245 g/mol. The second-order valence-electron chi connectivity index (χ2n) is 4.95. The summed E-state index contributed by atoms with van der Waals surface area (Å²) in [5.41, 5.74) is 2.40. The molecule has 0 aromatic heterocycles. The van der Waals surface area contributed by atoms with Crippen LogP contribution in [0.5, 0.6) is 0 Å². The molecule has 0 unspecified atom stereocenters. The summed E-state index contributed by atoms with van der Waals surface area (Å²) in [5, 5.41) is 0. The number of nitrogens with zero attached hydrogens (tertiary/aromatic N) is 1. The van der Waals surface area contributed by atoms with Crippen LogP contribution in [0.15, 0.2) is 24.3 Å². The van der Waals surface area contributed by atoms with Crippen LogP contribution in [-0.4, -0.2) is 29.7 Å². The third kappa shape index (κ3) is 3.42. The fourth-order valence-corrected chi connectivity index (χ4v) is 2.33. The van der Waals surface area contributed by atoms with Gasteiger partial charge in [-0.15, -0.1) is 0 Å². The fourth-order valence-electron chi connectivity index (χ4n) is 2.33. The normalized spacial score (nSPS) is 15.8. The molecule has 0 saturated carbocycles. The van der Waals surface area contributed by atoms with Crippen molar-refractivity contribution in [2.45, 2.75) is 32.6 Å². The fraction of sp³-hybridized carbons (Fsp3) is 0.467. The highest BCUT2D eigenvalue weighted by molar-refractivity contribution is 5.87. The highest BCUT2D eigenvalue weighted by Gasteiger charge is 2.20. The zero-order valence-electron chi connectivity index (χ0n) is 10.8. The number of carbonyl (C=O) groups is 2. The van der Waals surface area contributed by atoms with E-state index >= 15 is 0 Å². The van der Waals surface area contributed by atoms with E-state index in [0.717, 1.165) is 19.4 Å². The van der Waals surface area contributed by atoms with Gasteiger partial charge in [-0.25, -0.2) is 0 Å². The monoisotopic (exact) mass is 245 g/mol. The summed E-state index contributed by atoms with van der Waals surface area (Å²) < 4.78 is 0. The second kappa shape index (κ2) is 5.80. The van der Waals surface area contributed by atoms with Gasteiger partial charge in [-0.2, -0.15) is 0 Å². The Kier molecular flexibility index (Phi) is 4.13. The summed E-state index contributed by atoms with van der Waals surface area (Å²) in [7, 11) is 0. The molecular weight excluding hydrogens is 226 g/mol. The SMILES string of the molecule is Cc1cccc(CCC(=O)N2CCCC(=O)C2)c1. The molecule has 1 heterocycles. The summed E-state index contributed by atoms with van der Waals surface area (Å²) in [6.45, 7) is 3.10. The molecule has 0 spiro atoms. The Bertz CT molecular complexity index is 454. The van der Waals surface area contributed by atoms with Crippen molar-refractivity contribution in [1.82, 2.24) is 4.90 Å². The first kappa shape index (κ1) is 12.8. The lowest BCUT2D eigenvalue weighted by Gasteiger charge is -2.25. The standard InChI is InChI=1S/C15H19NO2/c1-12-4-2-5-13(10-12)7-8-15(18)16-9-3-6-14(17)11-16/h2,4-5,10H,3,6-9,11H2,1H3. The number of aryl methyl sites for hydroxylation is 2. The number of rotatable bonds is 3. The highest BCUT2D eigenvalue weighted by atomic mass is 16.2. The third-order valence-corrected chi connectivity index (χ3v) is 3.31. The number of hydrogen-bond acceptors (Lipinski definition) is 2. The summed E-state index contributed by atoms with van der Waals surface area (Å²) in [4.78, 5) is 25.0. The van der Waals surface area contributed by atoms with Crippen molar-refractivity contribution < 1.29 is 9.59 Å². The van der Waals surface area contributed by atoms with E-state index in [4.69, 9.17) is 0 Å². The van der Waals surface area contributed by atoms with Gasteiger partial charge in [0, 0.05) is 19.4 Å². The minimum atomic E-state index is 0.101. The largest absolute Gasteiger partial charge is 0.335 e. The Morgan fingerprint density at radius 3 is 2.94 bits per heavy atom. The molecule has 2 rings (SSSR count). The van der Waals surface area contributed by atoms with Crippen molar-refractivity contribution in [3.63, 3.8) is 0 Å². The lowest BCUT2D eigenvalue weighted by Crippen LogP contribution is -2.40. The van der Waals surface area contributed by atoms with Crippen LogP contribution in [0.4, 0.5) is 0 Å². The van der Waals surface area contributed by atoms with E-state index in [-0.39, 0.29) is 11.7 Å². The average Bonchev–Trinajstić information content (AvgIpc) is 2.36. The summed E-state index contributed by atoms with van der Waals surface area (Å²) in [6.07, 6.45) is 2.69. The van der Waals surface area contributed by atoms with Gasteiger partial charge in [0.2, 0.25) is 5.91 Å². The molecule has 18 heavy (non-hydrogen) atoms. The number of hydrogen-bond donors (Lipinski definition) is 0. The van der Waals surface area contributed by atoms with Gasteiger partial charge in [0.25, 0.3) is 0 Å². The topological polar surface area (TPSA) is 37.4 Å². The van der Waals surface area contributed by atoms with E-state index in [1.807, 2.05) is 12.1 Å². The summed E-state index contributed by atoms with van der Waals surface area (Å²) in [5.74, 6) is 0.287. The van der Waals surface area contributed by atoms with E-state index in [1.54, 1.807) is 4.90 Å². The molecule has 1 aromatic rings. The van der Waals surface area contributed by atoms with Gasteiger partial charge in [-0.1, -0.05) is 29.8 Å². The maximum Gasteiger partial charge on any atom is 0.223 e. The molecule has 1 aromatic carbocycles. The smallest absolute Gasteiger partial charge is 0.223 e. The van der Waals surface area contributed by atoms with Gasteiger partial charge in [-0.3, -0.25) is 9.59 Å². The highest BCUT2D eigenvalue weighted by Crippen LogP contribution is 2.11. The van der Waals surface area contributed by atoms with E-state index in [0.29, 0.717) is 19.4 Å². The van der Waals surface area contributed by atoms with Crippen molar-refractivity contribution in [1.29, 1.82) is 0 Å². The van der Waals surface area contributed by atoms with Gasteiger partial charge >= 0.3 is 0 Å². The zero-order valence-corrected chi connectivity index (χ0v) is 10.8. The van der Waals surface area contributed by atoms with Gasteiger partial charge in [-0.05, 0) is 25.3 Å². The van der Waals surface area contributed by atoms with Crippen LogP contribution in [0, 0.1) is 6.92 Å². The van der Waals surface area contributed by atoms with Crippen molar-refractivity contribution in [3.8, 4) is 0 Å². The number of benzene rings is 1. The van der Waals surface area contributed by atoms with Crippen LogP contribution in [0.2, 0.25) is 0 Å². The predicted octanol–water partition coefficient (Wildman–Crippen LogP) is 2.12. The predicted molar refractivity (Wildman–Crippen MR) is 70.3 cm³/mol. The summed E-state index contributed by atoms with van der Waals surface area (Å²) >= 11 is 0. The first-order chi connectivity index (χ1) is 8.65. The van der Waals surface area contributed by atoms with Crippen molar-refractivity contribution in [2.75, 3.05) is 13.1 Å². The molecule has 1 aliphatic rings. The Morgan fingerprint density at radius 1 is 1.39 bits per heavy atom. The van der Waals surface area contributed by atoms with Gasteiger partial charge in [0.05, 0.1) is 6.54 Å². The number of ketones is 1. The minimum Gasteiger partial charge on any atom is -0.335 e. The number of likely N-dealkylation sites (tertiary alicyclic amines) is 1. The van der Waals surface area contributed by atoms with Crippen LogP contribution in [0.25, 0.3) is 0 Å². The lowest BCUT2D eigenvalue weighted by atomic mass is 10.1.